The third-order valence-corrected chi connectivity index (χ3v) is 6.12. The number of cyclic esters (lactones) is 1. The van der Waals surface area contributed by atoms with Gasteiger partial charge < -0.3 is 19.1 Å². The Bertz CT molecular complexity index is 648. The zero-order chi connectivity index (χ0) is 22.5. The van der Waals surface area contributed by atoms with Crippen molar-refractivity contribution < 1.29 is 28.7 Å². The number of aliphatic hydroxyl groups is 1. The predicted molar refractivity (Wildman–Crippen MR) is 116 cm³/mol. The Morgan fingerprint density at radius 3 is 2.57 bits per heavy atom. The number of fused-ring (bicyclic) bond motifs is 1. The molecular formula is C24H40NO5+. The van der Waals surface area contributed by atoms with Gasteiger partial charge in [-0.15, -0.1) is 0 Å². The molecule has 2 rings (SSSR count). The number of rotatable bonds is 4. The lowest BCUT2D eigenvalue weighted by Crippen LogP contribution is -2.54. The van der Waals surface area contributed by atoms with Crippen LogP contribution in [0.4, 0.5) is 0 Å². The quantitative estimate of drug-likeness (QED) is 0.428. The van der Waals surface area contributed by atoms with Gasteiger partial charge in [0.15, 0.2) is 6.04 Å². The van der Waals surface area contributed by atoms with Crippen molar-refractivity contribution in [3.8, 4) is 0 Å². The maximum absolute atomic E-state index is 13.2. The minimum absolute atomic E-state index is 0.0669. The molecule has 6 nitrogen and oxygen atoms in total. The summed E-state index contributed by atoms with van der Waals surface area (Å²) in [6.07, 6.45) is 10.00. The van der Waals surface area contributed by atoms with Crippen molar-refractivity contribution in [1.29, 1.82) is 0 Å². The van der Waals surface area contributed by atoms with Crippen molar-refractivity contribution in [2.45, 2.75) is 77.2 Å². The van der Waals surface area contributed by atoms with E-state index in [-0.39, 0.29) is 35.9 Å². The van der Waals surface area contributed by atoms with Crippen LogP contribution >= 0.6 is 0 Å². The number of allylic oxidation sites excluding steroid dienone is 2. The first-order chi connectivity index (χ1) is 14.0. The molecule has 0 aromatic rings. The summed E-state index contributed by atoms with van der Waals surface area (Å²) in [7, 11) is 5.95. The number of aliphatic hydroxyl groups excluding tert-OH is 1. The van der Waals surface area contributed by atoms with E-state index in [2.05, 4.69) is 12.2 Å². The zero-order valence-electron chi connectivity index (χ0n) is 19.4. The standard InChI is InChI=1S/C24H40NO5/c1-16(2)23(25(4,5)6)24(28)30-21-12-13-22(27)29-17(3)10-8-7-9-11-18-14-19(26)15-20(18)21/h9,11-13,16-21,23,26H,7-8,10,14-15H2,1-6H3/q+1/b11-9+,13-12+/t17-,18+,19-,20+,21+,23-/m0/s1. The molecule has 0 amide bonds. The normalized spacial score (nSPS) is 34.0. The Labute approximate surface area is 181 Å². The first kappa shape index (κ1) is 24.6. The van der Waals surface area contributed by atoms with E-state index in [1.807, 2.05) is 41.9 Å². The molecule has 6 atom stereocenters. The number of hydrogen-bond acceptors (Lipinski definition) is 5. The van der Waals surface area contributed by atoms with Gasteiger partial charge in [0.25, 0.3) is 0 Å². The van der Waals surface area contributed by atoms with E-state index in [9.17, 15) is 14.7 Å². The van der Waals surface area contributed by atoms with Gasteiger partial charge in [0, 0.05) is 17.9 Å². The van der Waals surface area contributed by atoms with E-state index in [0.717, 1.165) is 19.3 Å². The van der Waals surface area contributed by atoms with Crippen LogP contribution in [0.3, 0.4) is 0 Å². The van der Waals surface area contributed by atoms with E-state index < -0.39 is 18.2 Å². The summed E-state index contributed by atoms with van der Waals surface area (Å²) in [5.41, 5.74) is 0. The third kappa shape index (κ3) is 6.95. The molecular weight excluding hydrogens is 382 g/mol. The first-order valence-corrected chi connectivity index (χ1v) is 11.2. The second-order valence-electron chi connectivity index (χ2n) is 10.1. The number of nitrogens with zero attached hydrogens (tertiary/aromatic N) is 1. The summed E-state index contributed by atoms with van der Waals surface area (Å²) in [5.74, 6) is -0.548. The molecule has 0 aromatic heterocycles. The number of carbonyl (C=O) groups excluding carboxylic acids is 2. The van der Waals surface area contributed by atoms with Gasteiger partial charge in [-0.2, -0.15) is 0 Å². The lowest BCUT2D eigenvalue weighted by Gasteiger charge is -2.36. The molecule has 1 fully saturated rings. The van der Waals surface area contributed by atoms with Crippen molar-refractivity contribution in [1.82, 2.24) is 0 Å². The molecule has 1 N–H and O–H groups in total. The van der Waals surface area contributed by atoms with Gasteiger partial charge in [-0.1, -0.05) is 26.0 Å². The summed E-state index contributed by atoms with van der Waals surface area (Å²) in [5, 5.41) is 10.3. The highest BCUT2D eigenvalue weighted by Crippen LogP contribution is 2.38. The molecule has 1 aliphatic carbocycles. The molecule has 1 saturated carbocycles. The Balaban J connectivity index is 2.31. The van der Waals surface area contributed by atoms with Gasteiger partial charge in [0.05, 0.1) is 33.4 Å². The Morgan fingerprint density at radius 1 is 1.23 bits per heavy atom. The fourth-order valence-electron chi connectivity index (χ4n) is 4.89. The molecule has 1 heterocycles. The molecule has 0 aromatic carbocycles. The average molecular weight is 423 g/mol. The molecule has 170 valence electrons. The van der Waals surface area contributed by atoms with Crippen molar-refractivity contribution in [3.05, 3.63) is 24.3 Å². The van der Waals surface area contributed by atoms with Crippen molar-refractivity contribution in [3.63, 3.8) is 0 Å². The number of esters is 2. The SMILES string of the molecule is CC(C)[C@@H](C(=O)O[C@@H]1/C=C/C(=O)O[C@@H](C)CCC/C=C/[C@@H]2C[C@H](O)C[C@H]21)[N+](C)(C)C. The second-order valence-corrected chi connectivity index (χ2v) is 10.1. The van der Waals surface area contributed by atoms with E-state index in [1.165, 1.54) is 6.08 Å². The van der Waals surface area contributed by atoms with E-state index >= 15 is 0 Å². The number of carbonyl (C=O) groups is 2. The highest BCUT2D eigenvalue weighted by molar-refractivity contribution is 5.82. The van der Waals surface area contributed by atoms with Crippen LogP contribution in [0.2, 0.25) is 0 Å². The van der Waals surface area contributed by atoms with Crippen molar-refractivity contribution in [2.75, 3.05) is 21.1 Å². The minimum Gasteiger partial charge on any atom is -0.460 e. The van der Waals surface area contributed by atoms with Crippen LogP contribution in [-0.2, 0) is 19.1 Å². The third-order valence-electron chi connectivity index (χ3n) is 6.12. The maximum atomic E-state index is 13.2. The van der Waals surface area contributed by atoms with Crippen molar-refractivity contribution in [2.24, 2.45) is 17.8 Å². The second kappa shape index (κ2) is 10.6. The molecule has 0 saturated heterocycles. The van der Waals surface area contributed by atoms with Crippen LogP contribution in [0.15, 0.2) is 24.3 Å². The van der Waals surface area contributed by atoms with Crippen LogP contribution in [-0.4, -0.2) is 67.0 Å². The molecule has 0 radical (unpaired) electrons. The van der Waals surface area contributed by atoms with Gasteiger partial charge >= 0.3 is 11.9 Å². The molecule has 0 bridgehead atoms. The van der Waals surface area contributed by atoms with Crippen LogP contribution in [0.1, 0.15) is 52.9 Å². The molecule has 0 unspecified atom stereocenters. The lowest BCUT2D eigenvalue weighted by molar-refractivity contribution is -0.890. The highest BCUT2D eigenvalue weighted by atomic mass is 16.5. The summed E-state index contributed by atoms with van der Waals surface area (Å²) in [6.45, 7) is 5.92. The Morgan fingerprint density at radius 2 is 1.93 bits per heavy atom. The van der Waals surface area contributed by atoms with Crippen LogP contribution in [0.5, 0.6) is 0 Å². The number of ether oxygens (including phenoxy) is 2. The first-order valence-electron chi connectivity index (χ1n) is 11.2. The molecule has 2 aliphatic rings. The Hall–Kier alpha value is -1.66. The highest BCUT2D eigenvalue weighted by Gasteiger charge is 2.42. The van der Waals surface area contributed by atoms with Gasteiger partial charge in [0.1, 0.15) is 6.10 Å². The summed E-state index contributed by atoms with van der Waals surface area (Å²) in [4.78, 5) is 25.4. The molecule has 6 heteroatoms. The van der Waals surface area contributed by atoms with E-state index in [0.29, 0.717) is 17.3 Å². The average Bonchev–Trinajstić information content (AvgIpc) is 2.96. The number of likely N-dealkylation sites (N-methyl/N-ethyl adjacent to an activating group) is 1. The predicted octanol–water partition coefficient (Wildman–Crippen LogP) is 3.24. The zero-order valence-corrected chi connectivity index (χ0v) is 19.4. The maximum Gasteiger partial charge on any atom is 0.365 e. The monoisotopic (exact) mass is 422 g/mol. The lowest BCUT2D eigenvalue weighted by atomic mass is 9.89. The fraction of sp³-hybridized carbons (Fsp3) is 0.750. The van der Waals surface area contributed by atoms with Crippen molar-refractivity contribution >= 4 is 11.9 Å². The number of quaternary nitrogens is 1. The smallest absolute Gasteiger partial charge is 0.365 e. The minimum atomic E-state index is -0.583. The molecule has 1 aliphatic heterocycles. The summed E-state index contributed by atoms with van der Waals surface area (Å²) in [6, 6.07) is -0.324. The summed E-state index contributed by atoms with van der Waals surface area (Å²) >= 11 is 0. The molecule has 0 spiro atoms. The van der Waals surface area contributed by atoms with E-state index in [1.54, 1.807) is 6.08 Å². The summed E-state index contributed by atoms with van der Waals surface area (Å²) < 4.78 is 11.9. The van der Waals surface area contributed by atoms with Gasteiger partial charge in [0.2, 0.25) is 0 Å². The Kier molecular flexibility index (Phi) is 8.68. The van der Waals surface area contributed by atoms with E-state index in [4.69, 9.17) is 9.47 Å². The van der Waals surface area contributed by atoms with Gasteiger partial charge in [-0.05, 0) is 51.0 Å². The van der Waals surface area contributed by atoms with Gasteiger partial charge in [-0.25, -0.2) is 9.59 Å². The number of hydrogen-bond donors (Lipinski definition) is 1. The largest absolute Gasteiger partial charge is 0.460 e. The topological polar surface area (TPSA) is 72.8 Å². The fourth-order valence-corrected chi connectivity index (χ4v) is 4.89. The van der Waals surface area contributed by atoms with Crippen LogP contribution in [0.25, 0.3) is 0 Å². The van der Waals surface area contributed by atoms with Crippen LogP contribution < -0.4 is 0 Å². The van der Waals surface area contributed by atoms with Crippen LogP contribution in [0, 0.1) is 17.8 Å². The van der Waals surface area contributed by atoms with Gasteiger partial charge in [-0.3, -0.25) is 0 Å². The molecule has 30 heavy (non-hydrogen) atoms.